The van der Waals surface area contributed by atoms with E-state index in [1.807, 2.05) is 0 Å². The van der Waals surface area contributed by atoms with Crippen LogP contribution in [0.3, 0.4) is 0 Å². The fourth-order valence-corrected chi connectivity index (χ4v) is 6.93. The molecule has 9 rings (SSSR count). The Kier molecular flexibility index (Phi) is 4.02. The molecule has 1 N–H and O–H groups in total. The molecule has 39 heavy (non-hydrogen) atoms. The van der Waals surface area contributed by atoms with Crippen molar-refractivity contribution in [3.63, 3.8) is 0 Å². The predicted molar refractivity (Wildman–Crippen MR) is 167 cm³/mol. The molecule has 0 fully saturated rings. The zero-order valence-corrected chi connectivity index (χ0v) is 21.5. The van der Waals surface area contributed by atoms with Crippen molar-refractivity contribution < 1.29 is 0 Å². The number of aromatic amines is 1. The van der Waals surface area contributed by atoms with Gasteiger partial charge in [-0.2, -0.15) is 0 Å². The number of nitrogens with one attached hydrogen (secondary N) is 1. The van der Waals surface area contributed by atoms with Crippen molar-refractivity contribution in [2.75, 3.05) is 0 Å². The van der Waals surface area contributed by atoms with Crippen LogP contribution in [0.5, 0.6) is 0 Å². The molecule has 0 saturated heterocycles. The van der Waals surface area contributed by atoms with E-state index in [4.69, 9.17) is 0 Å². The van der Waals surface area contributed by atoms with Crippen LogP contribution < -0.4 is 0 Å². The minimum absolute atomic E-state index is 1.17. The van der Waals surface area contributed by atoms with Crippen LogP contribution in [0, 0.1) is 6.92 Å². The largest absolute Gasteiger partial charge is 0.354 e. The summed E-state index contributed by atoms with van der Waals surface area (Å²) in [6.45, 7) is 2.15. The number of fused-ring (bicyclic) bond motifs is 15. The highest BCUT2D eigenvalue weighted by atomic mass is 15.0. The Labute approximate surface area is 224 Å². The molecule has 0 spiro atoms. The van der Waals surface area contributed by atoms with Crippen LogP contribution >= 0.6 is 0 Å². The third-order valence-corrected chi connectivity index (χ3v) is 8.54. The molecular weight excluding hydrogens is 472 g/mol. The second-order valence-corrected chi connectivity index (χ2v) is 10.7. The van der Waals surface area contributed by atoms with Gasteiger partial charge in [0.15, 0.2) is 0 Å². The minimum Gasteiger partial charge on any atom is -0.354 e. The van der Waals surface area contributed by atoms with E-state index in [2.05, 4.69) is 138 Å². The van der Waals surface area contributed by atoms with Gasteiger partial charge in [0.1, 0.15) is 0 Å². The maximum Gasteiger partial charge on any atom is 0.0626 e. The van der Waals surface area contributed by atoms with E-state index in [0.717, 1.165) is 0 Å². The molecule has 0 amide bonds. The van der Waals surface area contributed by atoms with Crippen molar-refractivity contribution in [3.05, 3.63) is 127 Å². The van der Waals surface area contributed by atoms with Gasteiger partial charge in [0.2, 0.25) is 0 Å². The van der Waals surface area contributed by atoms with Gasteiger partial charge < -0.3 is 9.55 Å². The zero-order chi connectivity index (χ0) is 25.7. The summed E-state index contributed by atoms with van der Waals surface area (Å²) < 4.78 is 2.47. The number of H-pyrrole nitrogens is 1. The van der Waals surface area contributed by atoms with Gasteiger partial charge in [-0.3, -0.25) is 0 Å². The van der Waals surface area contributed by atoms with Crippen LogP contribution in [0.4, 0.5) is 0 Å². The minimum atomic E-state index is 1.17. The fourth-order valence-electron chi connectivity index (χ4n) is 6.93. The molecule has 0 atom stereocenters. The van der Waals surface area contributed by atoms with Crippen LogP contribution in [0.1, 0.15) is 5.56 Å². The standard InChI is InChI=1S/C37H24N2/c1-22-18-20-23(21-19-22)39-31-17-9-7-15-29(31)34-35-32(25-11-3-5-13-27(25)37(34)39)24-10-2-4-12-26(24)36-33(35)28-14-6-8-16-30(28)38-36/h2-21,38H,1H3. The monoisotopic (exact) mass is 496 g/mol. The fraction of sp³-hybridized carbons (Fsp3) is 0.0270. The van der Waals surface area contributed by atoms with Gasteiger partial charge in [-0.15, -0.1) is 0 Å². The lowest BCUT2D eigenvalue weighted by molar-refractivity contribution is 1.18. The summed E-state index contributed by atoms with van der Waals surface area (Å²) >= 11 is 0. The van der Waals surface area contributed by atoms with E-state index in [1.165, 1.54) is 87.2 Å². The second-order valence-electron chi connectivity index (χ2n) is 10.7. The topological polar surface area (TPSA) is 20.7 Å². The lowest BCUT2D eigenvalue weighted by Gasteiger charge is -2.15. The summed E-state index contributed by atoms with van der Waals surface area (Å²) in [4.78, 5) is 3.81. The molecule has 7 aromatic carbocycles. The summed E-state index contributed by atoms with van der Waals surface area (Å²) in [7, 11) is 0. The first-order valence-electron chi connectivity index (χ1n) is 13.6. The quantitative estimate of drug-likeness (QED) is 0.218. The smallest absolute Gasteiger partial charge is 0.0626 e. The van der Waals surface area contributed by atoms with Crippen LogP contribution in [0.15, 0.2) is 121 Å². The first kappa shape index (κ1) is 20.9. The molecule has 182 valence electrons. The van der Waals surface area contributed by atoms with E-state index >= 15 is 0 Å². The van der Waals surface area contributed by atoms with Crippen LogP contribution in [-0.4, -0.2) is 9.55 Å². The van der Waals surface area contributed by atoms with Crippen molar-refractivity contribution in [1.29, 1.82) is 0 Å². The second kappa shape index (κ2) is 7.49. The molecule has 2 heterocycles. The molecular formula is C37H24N2. The molecule has 0 radical (unpaired) electrons. The van der Waals surface area contributed by atoms with Gasteiger partial charge in [-0.25, -0.2) is 0 Å². The number of aryl methyl sites for hydroxylation is 1. The Morgan fingerprint density at radius 1 is 0.462 bits per heavy atom. The SMILES string of the molecule is Cc1ccc(-n2c3ccccc3c3c4c(c5ccccc5c5[nH]c6ccccc6c54)c4ccccc4c32)cc1. The molecule has 0 unspecified atom stereocenters. The molecule has 2 aromatic heterocycles. The first-order chi connectivity index (χ1) is 19.3. The van der Waals surface area contributed by atoms with Crippen LogP contribution in [-0.2, 0) is 0 Å². The number of nitrogens with zero attached hydrogens (tertiary/aromatic N) is 1. The Morgan fingerprint density at radius 3 is 1.82 bits per heavy atom. The highest BCUT2D eigenvalue weighted by Crippen LogP contribution is 2.49. The molecule has 0 saturated carbocycles. The molecule has 0 bridgehead atoms. The lowest BCUT2D eigenvalue weighted by Crippen LogP contribution is -1.95. The average Bonchev–Trinajstić information content (AvgIpc) is 3.55. The summed E-state index contributed by atoms with van der Waals surface area (Å²) in [6.07, 6.45) is 0. The summed E-state index contributed by atoms with van der Waals surface area (Å²) in [5, 5.41) is 13.0. The van der Waals surface area contributed by atoms with Crippen molar-refractivity contribution in [3.8, 4) is 5.69 Å². The molecule has 2 heteroatoms. The number of aromatic nitrogens is 2. The number of benzene rings is 7. The predicted octanol–water partition coefficient (Wildman–Crippen LogP) is 10.2. The van der Waals surface area contributed by atoms with Gasteiger partial charge in [0, 0.05) is 48.9 Å². The van der Waals surface area contributed by atoms with Crippen molar-refractivity contribution >= 4 is 75.9 Å². The van der Waals surface area contributed by atoms with Crippen LogP contribution in [0.25, 0.3) is 81.6 Å². The van der Waals surface area contributed by atoms with Crippen molar-refractivity contribution in [1.82, 2.24) is 9.55 Å². The van der Waals surface area contributed by atoms with E-state index in [-0.39, 0.29) is 0 Å². The normalized spacial score (nSPS) is 12.2. The lowest BCUT2D eigenvalue weighted by atomic mass is 9.89. The number of rotatable bonds is 1. The highest BCUT2D eigenvalue weighted by molar-refractivity contribution is 6.45. The molecule has 0 aliphatic rings. The van der Waals surface area contributed by atoms with Gasteiger partial charge >= 0.3 is 0 Å². The van der Waals surface area contributed by atoms with Gasteiger partial charge in [-0.1, -0.05) is 103 Å². The van der Waals surface area contributed by atoms with Gasteiger partial charge in [0.25, 0.3) is 0 Å². The zero-order valence-electron chi connectivity index (χ0n) is 21.5. The molecule has 0 aliphatic carbocycles. The van der Waals surface area contributed by atoms with Gasteiger partial charge in [-0.05, 0) is 47.3 Å². The molecule has 2 nitrogen and oxygen atoms in total. The molecule has 0 aliphatic heterocycles. The Balaban J connectivity index is 1.71. The van der Waals surface area contributed by atoms with E-state index in [1.54, 1.807) is 0 Å². The third-order valence-electron chi connectivity index (χ3n) is 8.54. The number of para-hydroxylation sites is 2. The Morgan fingerprint density at radius 2 is 1.05 bits per heavy atom. The number of hydrogen-bond acceptors (Lipinski definition) is 0. The number of hydrogen-bond donors (Lipinski definition) is 1. The van der Waals surface area contributed by atoms with Crippen molar-refractivity contribution in [2.24, 2.45) is 0 Å². The summed E-state index contributed by atoms with van der Waals surface area (Å²) in [5.74, 6) is 0. The molecule has 9 aromatic rings. The van der Waals surface area contributed by atoms with E-state index in [0.29, 0.717) is 0 Å². The average molecular weight is 497 g/mol. The first-order valence-corrected chi connectivity index (χ1v) is 13.6. The van der Waals surface area contributed by atoms with Crippen molar-refractivity contribution in [2.45, 2.75) is 6.92 Å². The van der Waals surface area contributed by atoms with Crippen LogP contribution in [0.2, 0.25) is 0 Å². The summed E-state index contributed by atoms with van der Waals surface area (Å²) in [5.41, 5.74) is 7.34. The van der Waals surface area contributed by atoms with E-state index in [9.17, 15) is 0 Å². The van der Waals surface area contributed by atoms with Gasteiger partial charge in [0.05, 0.1) is 16.6 Å². The Bertz CT molecular complexity index is 2440. The summed E-state index contributed by atoms with van der Waals surface area (Å²) in [6, 6.07) is 44.4. The Hall–Kier alpha value is -5.08. The maximum atomic E-state index is 3.81. The van der Waals surface area contributed by atoms with E-state index < -0.39 is 0 Å². The highest BCUT2D eigenvalue weighted by Gasteiger charge is 2.23. The maximum absolute atomic E-state index is 3.81. The third kappa shape index (κ3) is 2.65.